The van der Waals surface area contributed by atoms with Crippen molar-refractivity contribution in [2.75, 3.05) is 6.54 Å². The molecule has 1 aliphatic rings. The van der Waals surface area contributed by atoms with E-state index in [1.807, 2.05) is 0 Å². The van der Waals surface area contributed by atoms with E-state index in [0.29, 0.717) is 12.4 Å². The molecule has 0 spiro atoms. The molecule has 0 N–H and O–H groups in total. The lowest BCUT2D eigenvalue weighted by Gasteiger charge is -2.29. The highest BCUT2D eigenvalue weighted by molar-refractivity contribution is 7.92. The van der Waals surface area contributed by atoms with Crippen LogP contribution >= 0.6 is 0 Å². The van der Waals surface area contributed by atoms with Crippen LogP contribution in [0.25, 0.3) is 5.95 Å². The molecule has 0 saturated heterocycles. The standard InChI is InChI=1S/C20H19F3N6O3S/c1-13(17-26-12-27-29(17)19-24-8-3-9-25-19)28(11-14-6-7-14)18(30)15-4-2-5-16(10-15)33(31,32)20(21,22)23/h2-5,8-10,12-14H,6-7,11H2,1H3. The van der Waals surface area contributed by atoms with Gasteiger partial charge in [0.05, 0.1) is 10.9 Å². The quantitative estimate of drug-likeness (QED) is 0.511. The fourth-order valence-corrected chi connectivity index (χ4v) is 4.13. The lowest BCUT2D eigenvalue weighted by atomic mass is 10.1. The zero-order chi connectivity index (χ0) is 23.8. The highest BCUT2D eigenvalue weighted by Gasteiger charge is 2.47. The Balaban J connectivity index is 1.69. The molecule has 9 nitrogen and oxygen atoms in total. The second-order valence-corrected chi connectivity index (χ2v) is 9.57. The van der Waals surface area contributed by atoms with Gasteiger partial charge in [-0.15, -0.1) is 0 Å². The number of carbonyl (C=O) groups is 1. The minimum Gasteiger partial charge on any atom is -0.328 e. The summed E-state index contributed by atoms with van der Waals surface area (Å²) in [7, 11) is -5.59. The molecule has 1 unspecified atom stereocenters. The van der Waals surface area contributed by atoms with Crippen LogP contribution in [0, 0.1) is 5.92 Å². The van der Waals surface area contributed by atoms with Gasteiger partial charge in [-0.25, -0.2) is 23.4 Å². The van der Waals surface area contributed by atoms with Gasteiger partial charge in [0.2, 0.25) is 0 Å². The minimum atomic E-state index is -5.59. The van der Waals surface area contributed by atoms with Gasteiger partial charge in [-0.2, -0.15) is 23.0 Å². The van der Waals surface area contributed by atoms with Gasteiger partial charge in [0, 0.05) is 24.5 Å². The van der Waals surface area contributed by atoms with Crippen molar-refractivity contribution in [3.63, 3.8) is 0 Å². The summed E-state index contributed by atoms with van der Waals surface area (Å²) in [6.45, 7) is 2.04. The maximum Gasteiger partial charge on any atom is 0.501 e. The average molecular weight is 480 g/mol. The third-order valence-corrected chi connectivity index (χ3v) is 6.75. The highest BCUT2D eigenvalue weighted by Crippen LogP contribution is 2.34. The predicted molar refractivity (Wildman–Crippen MR) is 109 cm³/mol. The Morgan fingerprint density at radius 2 is 1.88 bits per heavy atom. The van der Waals surface area contributed by atoms with E-state index in [0.717, 1.165) is 31.0 Å². The second-order valence-electron chi connectivity index (χ2n) is 7.63. The zero-order valence-electron chi connectivity index (χ0n) is 17.3. The number of amides is 1. The Morgan fingerprint density at radius 1 is 1.18 bits per heavy atom. The number of halogens is 3. The molecule has 1 atom stereocenters. The third kappa shape index (κ3) is 4.58. The van der Waals surface area contributed by atoms with Gasteiger partial charge in [0.25, 0.3) is 21.7 Å². The maximum atomic E-state index is 13.4. The van der Waals surface area contributed by atoms with Gasteiger partial charge < -0.3 is 4.90 Å². The minimum absolute atomic E-state index is 0.171. The van der Waals surface area contributed by atoms with Crippen molar-refractivity contribution >= 4 is 15.7 Å². The van der Waals surface area contributed by atoms with E-state index >= 15 is 0 Å². The lowest BCUT2D eigenvalue weighted by molar-refractivity contribution is -0.0436. The average Bonchev–Trinajstić information content (AvgIpc) is 3.48. The number of benzene rings is 1. The number of alkyl halides is 3. The molecule has 1 fully saturated rings. The molecular formula is C20H19F3N6O3S. The second kappa shape index (κ2) is 8.54. The molecule has 2 heterocycles. The van der Waals surface area contributed by atoms with Gasteiger partial charge in [0.1, 0.15) is 6.33 Å². The van der Waals surface area contributed by atoms with E-state index in [9.17, 15) is 26.4 Å². The number of hydrogen-bond donors (Lipinski definition) is 0. The number of aromatic nitrogens is 5. The van der Waals surface area contributed by atoms with Crippen molar-refractivity contribution in [3.05, 3.63) is 60.4 Å². The molecule has 13 heteroatoms. The van der Waals surface area contributed by atoms with Gasteiger partial charge >= 0.3 is 5.51 Å². The Bertz CT molecular complexity index is 1260. The van der Waals surface area contributed by atoms with Gasteiger partial charge in [-0.05, 0) is 49.9 Å². The topological polar surface area (TPSA) is 111 Å². The van der Waals surface area contributed by atoms with Crippen LogP contribution < -0.4 is 0 Å². The summed E-state index contributed by atoms with van der Waals surface area (Å²) >= 11 is 0. The van der Waals surface area contributed by atoms with Crippen molar-refractivity contribution in [1.29, 1.82) is 0 Å². The normalized spacial score (nSPS) is 15.3. The molecule has 0 aliphatic heterocycles. The van der Waals surface area contributed by atoms with E-state index in [-0.39, 0.29) is 17.4 Å². The molecule has 1 saturated carbocycles. The highest BCUT2D eigenvalue weighted by atomic mass is 32.2. The molecule has 3 aromatic rings. The molecular weight excluding hydrogens is 461 g/mol. The summed E-state index contributed by atoms with van der Waals surface area (Å²) in [6, 6.07) is 4.96. The van der Waals surface area contributed by atoms with Crippen LogP contribution in [-0.4, -0.2) is 56.0 Å². The van der Waals surface area contributed by atoms with Crippen molar-refractivity contribution < 1.29 is 26.4 Å². The summed E-state index contributed by atoms with van der Waals surface area (Å²) in [5, 5.41) is 4.13. The van der Waals surface area contributed by atoms with Crippen LogP contribution in [0.2, 0.25) is 0 Å². The van der Waals surface area contributed by atoms with Crippen molar-refractivity contribution in [3.8, 4) is 5.95 Å². The summed E-state index contributed by atoms with van der Waals surface area (Å²) in [4.78, 5) is 26.4. The summed E-state index contributed by atoms with van der Waals surface area (Å²) in [6.07, 6.45) is 6.16. The Hall–Kier alpha value is -3.35. The van der Waals surface area contributed by atoms with E-state index in [4.69, 9.17) is 0 Å². The van der Waals surface area contributed by atoms with Crippen LogP contribution in [0.4, 0.5) is 13.2 Å². The van der Waals surface area contributed by atoms with Crippen LogP contribution in [0.5, 0.6) is 0 Å². The summed E-state index contributed by atoms with van der Waals surface area (Å²) < 4.78 is 64.0. The molecule has 1 aliphatic carbocycles. The van der Waals surface area contributed by atoms with E-state index in [1.54, 1.807) is 13.0 Å². The number of rotatable bonds is 7. The number of sulfone groups is 1. The van der Waals surface area contributed by atoms with Gasteiger partial charge in [0.15, 0.2) is 5.82 Å². The molecule has 33 heavy (non-hydrogen) atoms. The monoisotopic (exact) mass is 480 g/mol. The van der Waals surface area contributed by atoms with E-state index < -0.39 is 32.2 Å². The summed E-state index contributed by atoms with van der Waals surface area (Å²) in [5.41, 5.74) is -5.64. The van der Waals surface area contributed by atoms with Crippen molar-refractivity contribution in [2.24, 2.45) is 5.92 Å². The first-order valence-electron chi connectivity index (χ1n) is 9.99. The molecule has 0 radical (unpaired) electrons. The maximum absolute atomic E-state index is 13.4. The Morgan fingerprint density at radius 3 is 2.52 bits per heavy atom. The molecule has 174 valence electrons. The predicted octanol–water partition coefficient (Wildman–Crippen LogP) is 2.96. The fourth-order valence-electron chi connectivity index (χ4n) is 3.32. The van der Waals surface area contributed by atoms with Crippen LogP contribution in [0.3, 0.4) is 0 Å². The Kier molecular flexibility index (Phi) is 5.91. The van der Waals surface area contributed by atoms with Crippen molar-refractivity contribution in [1.82, 2.24) is 29.6 Å². The third-order valence-electron chi connectivity index (χ3n) is 5.27. The van der Waals surface area contributed by atoms with E-state index in [2.05, 4.69) is 20.1 Å². The largest absolute Gasteiger partial charge is 0.501 e. The lowest BCUT2D eigenvalue weighted by Crippen LogP contribution is -2.37. The smallest absolute Gasteiger partial charge is 0.328 e. The summed E-state index contributed by atoms with van der Waals surface area (Å²) in [5.74, 6) is 0.225. The first-order valence-corrected chi connectivity index (χ1v) is 11.5. The van der Waals surface area contributed by atoms with E-state index in [1.165, 1.54) is 34.4 Å². The molecule has 1 amide bonds. The Labute approximate surface area is 187 Å². The zero-order valence-corrected chi connectivity index (χ0v) is 18.2. The number of hydrogen-bond acceptors (Lipinski definition) is 7. The fraction of sp³-hybridized carbons (Fsp3) is 0.350. The van der Waals surface area contributed by atoms with Gasteiger partial charge in [-0.3, -0.25) is 4.79 Å². The first kappa shape index (κ1) is 22.8. The van der Waals surface area contributed by atoms with Crippen LogP contribution in [0.15, 0.2) is 53.9 Å². The molecule has 0 bridgehead atoms. The van der Waals surface area contributed by atoms with Crippen LogP contribution in [-0.2, 0) is 9.84 Å². The molecule has 2 aromatic heterocycles. The molecule has 4 rings (SSSR count). The SMILES string of the molecule is CC(c1ncnn1-c1ncccn1)N(CC1CC1)C(=O)c1cccc(S(=O)(=O)C(F)(F)F)c1. The van der Waals surface area contributed by atoms with Gasteiger partial charge in [-0.1, -0.05) is 6.07 Å². The number of nitrogens with zero attached hydrogens (tertiary/aromatic N) is 6. The molecule has 1 aromatic carbocycles. The van der Waals surface area contributed by atoms with Crippen LogP contribution in [0.1, 0.15) is 42.0 Å². The number of carbonyl (C=O) groups excluding carboxylic acids is 1. The van der Waals surface area contributed by atoms with Crippen molar-refractivity contribution in [2.45, 2.75) is 36.2 Å². The first-order chi connectivity index (χ1) is 15.6.